The number of carbonyl (C=O) groups excluding carboxylic acids is 1. The second-order valence-corrected chi connectivity index (χ2v) is 7.62. The van der Waals surface area contributed by atoms with Gasteiger partial charge in [-0.2, -0.15) is 5.26 Å². The average molecular weight is 465 g/mol. The van der Waals surface area contributed by atoms with Gasteiger partial charge in [0.2, 0.25) is 5.76 Å². The summed E-state index contributed by atoms with van der Waals surface area (Å²) in [6, 6.07) is 25.5. The van der Waals surface area contributed by atoms with E-state index >= 15 is 0 Å². The standard InChI is InChI=1S/C27H19N3O5/c28-14-19(26-29-21-11-5-6-12-22(21)30-26)23(31)16-34-27(32)25-20(15-33-17-8-2-1-3-9-17)18-10-4-7-13-24(18)35-25/h1-13,31H,15-16H2,(H,29,30). The number of rotatable bonds is 7. The van der Waals surface area contributed by atoms with Gasteiger partial charge in [-0.05, 0) is 30.3 Å². The number of nitrogens with one attached hydrogen (secondary N) is 1. The molecule has 5 rings (SSSR count). The lowest BCUT2D eigenvalue weighted by Gasteiger charge is -2.08. The fourth-order valence-corrected chi connectivity index (χ4v) is 3.68. The van der Waals surface area contributed by atoms with Gasteiger partial charge in [-0.15, -0.1) is 0 Å². The summed E-state index contributed by atoms with van der Waals surface area (Å²) >= 11 is 0. The summed E-state index contributed by atoms with van der Waals surface area (Å²) in [6.07, 6.45) is 0. The minimum atomic E-state index is -0.790. The van der Waals surface area contributed by atoms with Crippen LogP contribution in [-0.2, 0) is 11.3 Å². The molecule has 0 aliphatic carbocycles. The summed E-state index contributed by atoms with van der Waals surface area (Å²) in [5.41, 5.74) is 2.27. The topological polar surface area (TPSA) is 121 Å². The Balaban J connectivity index is 1.38. The number of imidazole rings is 1. The van der Waals surface area contributed by atoms with E-state index in [2.05, 4.69) is 9.97 Å². The normalized spacial score (nSPS) is 11.7. The number of esters is 1. The molecular formula is C27H19N3O5. The van der Waals surface area contributed by atoms with Crippen molar-refractivity contribution >= 4 is 33.5 Å². The summed E-state index contributed by atoms with van der Waals surface area (Å²) in [5.74, 6) is -0.429. The number of aromatic amines is 1. The van der Waals surface area contributed by atoms with E-state index in [0.717, 1.165) is 5.39 Å². The van der Waals surface area contributed by atoms with E-state index in [1.54, 1.807) is 24.3 Å². The zero-order valence-corrected chi connectivity index (χ0v) is 18.4. The monoisotopic (exact) mass is 465 g/mol. The lowest BCUT2D eigenvalue weighted by molar-refractivity contribution is 0.0465. The lowest BCUT2D eigenvalue weighted by atomic mass is 10.1. The number of hydrogen-bond donors (Lipinski definition) is 2. The lowest BCUT2D eigenvalue weighted by Crippen LogP contribution is -2.11. The van der Waals surface area contributed by atoms with Crippen molar-refractivity contribution in [3.8, 4) is 11.8 Å². The zero-order chi connectivity index (χ0) is 24.2. The molecule has 2 N–H and O–H groups in total. The molecule has 0 saturated carbocycles. The van der Waals surface area contributed by atoms with E-state index in [1.165, 1.54) is 0 Å². The molecule has 0 fully saturated rings. The maximum Gasteiger partial charge on any atom is 0.375 e. The number of nitriles is 1. The number of carbonyl (C=O) groups is 1. The molecule has 0 atom stereocenters. The van der Waals surface area contributed by atoms with Crippen LogP contribution < -0.4 is 4.74 Å². The van der Waals surface area contributed by atoms with Gasteiger partial charge in [0.15, 0.2) is 18.2 Å². The van der Waals surface area contributed by atoms with Gasteiger partial charge in [-0.1, -0.05) is 48.5 Å². The first-order valence-corrected chi connectivity index (χ1v) is 10.8. The molecule has 8 nitrogen and oxygen atoms in total. The molecule has 2 aromatic heterocycles. The predicted molar refractivity (Wildman–Crippen MR) is 129 cm³/mol. The molecule has 0 aliphatic rings. The highest BCUT2D eigenvalue weighted by Gasteiger charge is 2.23. The van der Waals surface area contributed by atoms with Gasteiger partial charge in [0, 0.05) is 5.39 Å². The molecule has 35 heavy (non-hydrogen) atoms. The van der Waals surface area contributed by atoms with Gasteiger partial charge in [-0.3, -0.25) is 0 Å². The molecule has 172 valence electrons. The number of H-pyrrole nitrogens is 1. The minimum Gasteiger partial charge on any atom is -0.507 e. The van der Waals surface area contributed by atoms with Crippen molar-refractivity contribution in [2.24, 2.45) is 0 Å². The molecule has 0 radical (unpaired) electrons. The summed E-state index contributed by atoms with van der Waals surface area (Å²) in [6.45, 7) is -0.454. The van der Waals surface area contributed by atoms with Crippen LogP contribution >= 0.6 is 0 Å². The van der Waals surface area contributed by atoms with Crippen molar-refractivity contribution in [3.63, 3.8) is 0 Å². The Morgan fingerprint density at radius 1 is 1.03 bits per heavy atom. The number of allylic oxidation sites excluding steroid dienone is 1. The summed E-state index contributed by atoms with van der Waals surface area (Å²) in [5, 5.41) is 20.8. The number of benzene rings is 3. The highest BCUT2D eigenvalue weighted by atomic mass is 16.6. The first-order chi connectivity index (χ1) is 17.1. The number of para-hydroxylation sites is 4. The number of hydrogen-bond acceptors (Lipinski definition) is 7. The third-order valence-electron chi connectivity index (χ3n) is 5.38. The predicted octanol–water partition coefficient (Wildman–Crippen LogP) is 5.54. The van der Waals surface area contributed by atoms with Crippen LogP contribution in [0.3, 0.4) is 0 Å². The number of ether oxygens (including phenoxy) is 2. The smallest absolute Gasteiger partial charge is 0.375 e. The highest BCUT2D eigenvalue weighted by molar-refractivity contribution is 5.96. The van der Waals surface area contributed by atoms with Crippen LogP contribution in [0, 0.1) is 11.3 Å². The number of aromatic nitrogens is 2. The molecule has 0 unspecified atom stereocenters. The van der Waals surface area contributed by atoms with E-state index in [9.17, 15) is 15.2 Å². The molecule has 8 heteroatoms. The van der Waals surface area contributed by atoms with Crippen molar-refractivity contribution in [3.05, 3.63) is 102 Å². The van der Waals surface area contributed by atoms with E-state index in [1.807, 2.05) is 60.7 Å². The number of furan rings is 1. The first kappa shape index (κ1) is 21.8. The second-order valence-electron chi connectivity index (χ2n) is 7.62. The van der Waals surface area contributed by atoms with Crippen LogP contribution in [0.2, 0.25) is 0 Å². The van der Waals surface area contributed by atoms with Gasteiger partial charge in [-0.25, -0.2) is 9.78 Å². The Bertz CT molecular complexity index is 1560. The van der Waals surface area contributed by atoms with E-state index in [0.29, 0.717) is 27.9 Å². The van der Waals surface area contributed by atoms with E-state index in [4.69, 9.17) is 13.9 Å². The van der Waals surface area contributed by atoms with Crippen molar-refractivity contribution in [2.45, 2.75) is 6.61 Å². The van der Waals surface area contributed by atoms with Crippen LogP contribution in [0.1, 0.15) is 21.9 Å². The van der Waals surface area contributed by atoms with Gasteiger partial charge in [0.25, 0.3) is 0 Å². The Kier molecular flexibility index (Phi) is 5.89. The maximum atomic E-state index is 12.9. The number of aliphatic hydroxyl groups excluding tert-OH is 1. The van der Waals surface area contributed by atoms with Crippen LogP contribution in [0.4, 0.5) is 0 Å². The van der Waals surface area contributed by atoms with Gasteiger partial charge in [0.1, 0.15) is 29.6 Å². The fourth-order valence-electron chi connectivity index (χ4n) is 3.68. The third-order valence-corrected chi connectivity index (χ3v) is 5.38. The second kappa shape index (κ2) is 9.45. The van der Waals surface area contributed by atoms with Gasteiger partial charge in [0.05, 0.1) is 16.6 Å². The fraction of sp³-hybridized carbons (Fsp3) is 0.0741. The van der Waals surface area contributed by atoms with Crippen molar-refractivity contribution in [2.75, 3.05) is 6.61 Å². The average Bonchev–Trinajstić information content (AvgIpc) is 3.48. The van der Waals surface area contributed by atoms with E-state index < -0.39 is 18.3 Å². The summed E-state index contributed by atoms with van der Waals surface area (Å²) < 4.78 is 16.9. The SMILES string of the molecule is N#CC(=C(O)COC(=O)c1oc2ccccc2c1COc1ccccc1)c1nc2ccccc2[nH]1. The molecule has 0 bridgehead atoms. The Labute approximate surface area is 199 Å². The Morgan fingerprint density at radius 3 is 2.57 bits per heavy atom. The molecule has 5 aromatic rings. The van der Waals surface area contributed by atoms with Gasteiger partial charge >= 0.3 is 5.97 Å². The zero-order valence-electron chi connectivity index (χ0n) is 18.4. The van der Waals surface area contributed by atoms with Crippen LogP contribution in [0.25, 0.3) is 27.6 Å². The molecule has 0 aliphatic heterocycles. The van der Waals surface area contributed by atoms with Crippen LogP contribution in [0.5, 0.6) is 5.75 Å². The molecule has 3 aromatic carbocycles. The first-order valence-electron chi connectivity index (χ1n) is 10.8. The van der Waals surface area contributed by atoms with Gasteiger partial charge < -0.3 is 24.0 Å². The molecule has 2 heterocycles. The summed E-state index contributed by atoms with van der Waals surface area (Å²) in [4.78, 5) is 20.2. The molecular weight excluding hydrogens is 446 g/mol. The largest absolute Gasteiger partial charge is 0.507 e. The third kappa shape index (κ3) is 4.43. The Hall–Kier alpha value is -5.03. The van der Waals surface area contributed by atoms with Crippen molar-refractivity contribution < 1.29 is 23.8 Å². The molecule has 0 spiro atoms. The number of aliphatic hydroxyl groups is 1. The van der Waals surface area contributed by atoms with Crippen LogP contribution in [0.15, 0.2) is 89.0 Å². The summed E-state index contributed by atoms with van der Waals surface area (Å²) in [7, 11) is 0. The molecule has 0 saturated heterocycles. The van der Waals surface area contributed by atoms with Crippen molar-refractivity contribution in [1.29, 1.82) is 5.26 Å². The minimum absolute atomic E-state index is 0.0304. The van der Waals surface area contributed by atoms with Crippen molar-refractivity contribution in [1.82, 2.24) is 9.97 Å². The Morgan fingerprint density at radius 2 is 1.77 bits per heavy atom. The number of nitrogens with zero attached hydrogens (tertiary/aromatic N) is 2. The van der Waals surface area contributed by atoms with E-state index in [-0.39, 0.29) is 23.8 Å². The van der Waals surface area contributed by atoms with Crippen LogP contribution in [-0.4, -0.2) is 27.7 Å². The quantitative estimate of drug-likeness (QED) is 0.184. The number of fused-ring (bicyclic) bond motifs is 2. The molecule has 0 amide bonds. The maximum absolute atomic E-state index is 12.9. The highest BCUT2D eigenvalue weighted by Crippen LogP contribution is 2.28.